The number of unbranched alkanes of at least 4 members (excludes halogenated alkanes) is 3. The lowest BCUT2D eigenvalue weighted by molar-refractivity contribution is 0.303. The van der Waals surface area contributed by atoms with Gasteiger partial charge >= 0.3 is 0 Å². The predicted molar refractivity (Wildman–Crippen MR) is 402 cm³/mol. The van der Waals surface area contributed by atoms with Crippen LogP contribution in [0.5, 0.6) is 5.75 Å². The van der Waals surface area contributed by atoms with E-state index >= 15 is 0 Å². The van der Waals surface area contributed by atoms with Crippen LogP contribution in [0.1, 0.15) is 84.9 Å². The molecule has 13 aromatic carbocycles. The van der Waals surface area contributed by atoms with Gasteiger partial charge in [-0.1, -0.05) is 271 Å². The lowest BCUT2D eigenvalue weighted by Gasteiger charge is -2.34. The van der Waals surface area contributed by atoms with Gasteiger partial charge in [0.25, 0.3) is 0 Å². The van der Waals surface area contributed by atoms with Crippen molar-refractivity contribution in [2.24, 2.45) is 0 Å². The second-order valence-electron chi connectivity index (χ2n) is 26.2. The predicted octanol–water partition coefficient (Wildman–Crippen LogP) is 24.9. The Labute approximate surface area is 558 Å². The maximum absolute atomic E-state index is 6.19. The van der Waals surface area contributed by atoms with Gasteiger partial charge in [-0.2, -0.15) is 0 Å². The van der Waals surface area contributed by atoms with Crippen molar-refractivity contribution in [1.82, 2.24) is 4.57 Å². The standard InChI is InChI=1S/C92H74N2O/c1-5-63-29-33-66(34-30-63)68-37-48-76(49-38-68)94-89-55-42-70(59-83(89)84-60-71(43-56-90(84)94)72-41-53-81-79-25-15-17-27-85(79)91(3,4)87(81)61-72)69-39-46-75(47-40-69)93(74-44-35-67(36-45-74)65-21-11-9-12-22-65)77-50-54-82-80-26-16-18-28-86(80)92(88(82)62-77,73-23-13-10-14-24-73)57-19-7-8-20-58-95-78-51-31-64(6-2)32-52-78/h5-6,9-18,21-56,59-62H,1-2,7-8,19-20,57-58H2,3-4H3. The van der Waals surface area contributed by atoms with Crippen LogP contribution in [-0.2, 0) is 10.8 Å². The minimum atomic E-state index is -0.353. The van der Waals surface area contributed by atoms with Crippen molar-refractivity contribution in [2.45, 2.75) is 56.8 Å². The fourth-order valence-electron chi connectivity index (χ4n) is 15.5. The van der Waals surface area contributed by atoms with E-state index in [1.807, 2.05) is 24.3 Å². The van der Waals surface area contributed by atoms with Crippen LogP contribution >= 0.6 is 0 Å². The average Bonchev–Trinajstić information content (AvgIpc) is 1.57. The molecule has 458 valence electrons. The number of aromatic nitrogens is 1. The Bertz CT molecular complexity index is 5170. The van der Waals surface area contributed by atoms with Crippen molar-refractivity contribution in [3.05, 3.63) is 355 Å². The van der Waals surface area contributed by atoms with Crippen molar-refractivity contribution in [1.29, 1.82) is 0 Å². The summed E-state index contributed by atoms with van der Waals surface area (Å²) in [6.07, 6.45) is 9.02. The topological polar surface area (TPSA) is 17.4 Å². The van der Waals surface area contributed by atoms with Gasteiger partial charge in [0.15, 0.2) is 0 Å². The Kier molecular flexibility index (Phi) is 15.3. The first-order valence-corrected chi connectivity index (χ1v) is 33.6. The Morgan fingerprint density at radius 1 is 0.358 bits per heavy atom. The van der Waals surface area contributed by atoms with E-state index in [-0.39, 0.29) is 10.8 Å². The molecule has 0 radical (unpaired) electrons. The maximum Gasteiger partial charge on any atom is 0.119 e. The number of benzene rings is 13. The van der Waals surface area contributed by atoms with Gasteiger partial charge in [-0.25, -0.2) is 0 Å². The molecule has 3 heteroatoms. The summed E-state index contributed by atoms with van der Waals surface area (Å²) in [6, 6.07) is 113. The fraction of sp³-hybridized carbons (Fsp3) is 0.109. The SMILES string of the molecule is C=Cc1ccc(OCCCCCCC2(c3ccccc3)c3ccccc3-c3ccc(N(c4ccc(-c5ccccc5)cc4)c4ccc(-c5ccc6c(c5)c5cc(-c7ccc8c(c7)C(C)(C)c7ccccc7-8)ccc5n6-c5ccc(-c6ccc(C=C)cc6)cc5)cc4)cc32)cc1. The summed E-state index contributed by atoms with van der Waals surface area (Å²) < 4.78 is 8.64. The molecule has 1 heterocycles. The lowest BCUT2D eigenvalue weighted by atomic mass is 9.69. The number of ether oxygens (including phenoxy) is 1. The van der Waals surface area contributed by atoms with Gasteiger partial charge in [0.2, 0.25) is 0 Å². The Hall–Kier alpha value is -11.3. The molecular weight excluding hydrogens is 1150 g/mol. The third-order valence-corrected chi connectivity index (χ3v) is 20.5. The highest BCUT2D eigenvalue weighted by molar-refractivity contribution is 6.12. The van der Waals surface area contributed by atoms with Crippen molar-refractivity contribution in [3.63, 3.8) is 0 Å². The van der Waals surface area contributed by atoms with Gasteiger partial charge in [-0.05, 0) is 210 Å². The zero-order chi connectivity index (χ0) is 64.0. The molecule has 95 heavy (non-hydrogen) atoms. The quantitative estimate of drug-likeness (QED) is 0.0751. The molecule has 0 amide bonds. The molecule has 0 aliphatic heterocycles. The molecule has 1 unspecified atom stereocenters. The van der Waals surface area contributed by atoms with Crippen molar-refractivity contribution >= 4 is 51.0 Å². The van der Waals surface area contributed by atoms with Crippen molar-refractivity contribution < 1.29 is 4.74 Å². The summed E-state index contributed by atoms with van der Waals surface area (Å²) in [5, 5.41) is 2.43. The van der Waals surface area contributed by atoms with Crippen LogP contribution in [0.4, 0.5) is 17.1 Å². The van der Waals surface area contributed by atoms with Gasteiger partial charge in [0.1, 0.15) is 5.75 Å². The summed E-state index contributed by atoms with van der Waals surface area (Å²) in [4.78, 5) is 2.46. The Balaban J connectivity index is 0.773. The van der Waals surface area contributed by atoms with Crippen LogP contribution in [0.3, 0.4) is 0 Å². The molecule has 14 aromatic rings. The van der Waals surface area contributed by atoms with E-state index in [2.05, 4.69) is 328 Å². The molecule has 3 nitrogen and oxygen atoms in total. The van der Waals surface area contributed by atoms with E-state index in [1.165, 1.54) is 99.7 Å². The van der Waals surface area contributed by atoms with E-state index in [1.54, 1.807) is 0 Å². The molecule has 0 saturated carbocycles. The van der Waals surface area contributed by atoms with Crippen LogP contribution in [0.2, 0.25) is 0 Å². The molecule has 0 saturated heterocycles. The number of rotatable bonds is 19. The first-order valence-electron chi connectivity index (χ1n) is 33.6. The van der Waals surface area contributed by atoms with Gasteiger partial charge in [-0.3, -0.25) is 0 Å². The smallest absolute Gasteiger partial charge is 0.119 e. The number of anilines is 3. The normalized spacial score (nSPS) is 14.0. The second kappa shape index (κ2) is 24.7. The van der Waals surface area contributed by atoms with Gasteiger partial charge < -0.3 is 14.2 Å². The molecule has 0 spiro atoms. The zero-order valence-electron chi connectivity index (χ0n) is 54.0. The van der Waals surface area contributed by atoms with Crippen LogP contribution in [0.25, 0.3) is 106 Å². The van der Waals surface area contributed by atoms with E-state index in [9.17, 15) is 0 Å². The highest BCUT2D eigenvalue weighted by atomic mass is 16.5. The van der Waals surface area contributed by atoms with Crippen LogP contribution in [-0.4, -0.2) is 11.2 Å². The second-order valence-corrected chi connectivity index (χ2v) is 26.2. The van der Waals surface area contributed by atoms with Crippen molar-refractivity contribution in [2.75, 3.05) is 11.5 Å². The molecule has 16 rings (SSSR count). The monoisotopic (exact) mass is 1220 g/mol. The zero-order valence-corrected chi connectivity index (χ0v) is 54.0. The minimum Gasteiger partial charge on any atom is -0.494 e. The third kappa shape index (κ3) is 10.6. The Morgan fingerprint density at radius 3 is 1.43 bits per heavy atom. The van der Waals surface area contributed by atoms with Gasteiger partial charge in [0.05, 0.1) is 17.6 Å². The number of nitrogens with zero attached hydrogens (tertiary/aromatic N) is 2. The molecule has 1 atom stereocenters. The molecule has 0 fully saturated rings. The molecule has 2 aliphatic rings. The van der Waals surface area contributed by atoms with Crippen molar-refractivity contribution in [3.8, 4) is 78.2 Å². The number of fused-ring (bicyclic) bond motifs is 9. The van der Waals surface area contributed by atoms with Gasteiger partial charge in [-0.15, -0.1) is 0 Å². The summed E-state index contributed by atoms with van der Waals surface area (Å²) in [5.41, 5.74) is 30.1. The summed E-state index contributed by atoms with van der Waals surface area (Å²) in [6.45, 7) is 13.3. The largest absolute Gasteiger partial charge is 0.494 e. The number of hydrogen-bond donors (Lipinski definition) is 0. The maximum atomic E-state index is 6.19. The Morgan fingerprint density at radius 2 is 0.800 bits per heavy atom. The van der Waals surface area contributed by atoms with E-state index in [0.29, 0.717) is 6.61 Å². The summed E-state index contributed by atoms with van der Waals surface area (Å²) in [7, 11) is 0. The van der Waals surface area contributed by atoms with Gasteiger partial charge in [0, 0.05) is 44.4 Å². The minimum absolute atomic E-state index is 0.101. The summed E-state index contributed by atoms with van der Waals surface area (Å²) >= 11 is 0. The van der Waals surface area contributed by atoms with E-state index in [0.717, 1.165) is 88.4 Å². The molecule has 2 aliphatic carbocycles. The number of hydrogen-bond acceptors (Lipinski definition) is 2. The van der Waals surface area contributed by atoms with Crippen LogP contribution in [0.15, 0.2) is 316 Å². The van der Waals surface area contributed by atoms with Crippen LogP contribution in [0, 0.1) is 0 Å². The lowest BCUT2D eigenvalue weighted by Crippen LogP contribution is -2.27. The third-order valence-electron chi connectivity index (χ3n) is 20.5. The average molecular weight is 1220 g/mol. The molecule has 0 bridgehead atoms. The summed E-state index contributed by atoms with van der Waals surface area (Å²) in [5.74, 6) is 0.909. The highest BCUT2D eigenvalue weighted by Gasteiger charge is 2.44. The first-order chi connectivity index (χ1) is 46.7. The fourth-order valence-corrected chi connectivity index (χ4v) is 15.5. The van der Waals surface area contributed by atoms with Crippen LogP contribution < -0.4 is 9.64 Å². The highest BCUT2D eigenvalue weighted by Crippen LogP contribution is 2.57. The molecule has 1 aromatic heterocycles. The molecular formula is C92H74N2O. The van der Waals surface area contributed by atoms with E-state index in [4.69, 9.17) is 4.74 Å². The molecule has 0 N–H and O–H groups in total. The first kappa shape index (κ1) is 58.8. The van der Waals surface area contributed by atoms with E-state index < -0.39 is 0 Å².